The summed E-state index contributed by atoms with van der Waals surface area (Å²) in [5.41, 5.74) is 0.411. The topological polar surface area (TPSA) is 76.1 Å². The number of amides is 1. The van der Waals surface area contributed by atoms with E-state index in [0.29, 0.717) is 5.56 Å². The van der Waals surface area contributed by atoms with Crippen molar-refractivity contribution < 1.29 is 14.4 Å². The maximum absolute atomic E-state index is 11.6. The van der Waals surface area contributed by atoms with Crippen LogP contribution in [0.5, 0.6) is 0 Å². The van der Waals surface area contributed by atoms with Crippen molar-refractivity contribution in [2.75, 3.05) is 6.54 Å². The zero-order valence-corrected chi connectivity index (χ0v) is 10.5. The summed E-state index contributed by atoms with van der Waals surface area (Å²) in [6.07, 6.45) is 3.17. The molecule has 0 aliphatic rings. The van der Waals surface area contributed by atoms with E-state index in [4.69, 9.17) is 0 Å². The first-order chi connectivity index (χ1) is 8.50. The average Bonchev–Trinajstić information content (AvgIpc) is 2.35. The van der Waals surface area contributed by atoms with E-state index in [1.807, 2.05) is 13.8 Å². The molecule has 0 aliphatic carbocycles. The summed E-state index contributed by atoms with van der Waals surface area (Å²) in [5, 5.41) is 2.32. The third kappa shape index (κ3) is 4.45. The third-order valence-electron chi connectivity index (χ3n) is 2.24. The molecule has 0 fully saturated rings. The molecular weight excluding hydrogens is 232 g/mol. The highest BCUT2D eigenvalue weighted by Crippen LogP contribution is 2.00. The van der Waals surface area contributed by atoms with Crippen molar-refractivity contribution in [1.29, 1.82) is 0 Å². The Morgan fingerprint density at radius 3 is 2.61 bits per heavy atom. The standard InChI is InChI=1S/C13H16N2O3/c1-9(2)6-11(16)13(18)15-8-12(17)10-4-3-5-14-7-10/h3-5,7,9H,6,8H2,1-2H3,(H,15,18). The Morgan fingerprint density at radius 2 is 2.06 bits per heavy atom. The van der Waals surface area contributed by atoms with Crippen LogP contribution >= 0.6 is 0 Å². The molecule has 0 unspecified atom stereocenters. The van der Waals surface area contributed by atoms with E-state index in [2.05, 4.69) is 10.3 Å². The predicted octanol–water partition coefficient (Wildman–Crippen LogP) is 0.996. The maximum atomic E-state index is 11.6. The van der Waals surface area contributed by atoms with E-state index in [1.54, 1.807) is 18.3 Å². The minimum atomic E-state index is -0.707. The van der Waals surface area contributed by atoms with Gasteiger partial charge in [0.2, 0.25) is 5.78 Å². The molecule has 1 aromatic rings. The number of aromatic nitrogens is 1. The van der Waals surface area contributed by atoms with Crippen molar-refractivity contribution in [3.63, 3.8) is 0 Å². The molecule has 1 aromatic heterocycles. The molecule has 0 radical (unpaired) electrons. The van der Waals surface area contributed by atoms with Crippen molar-refractivity contribution in [2.45, 2.75) is 20.3 Å². The summed E-state index contributed by atoms with van der Waals surface area (Å²) >= 11 is 0. The smallest absolute Gasteiger partial charge is 0.287 e. The lowest BCUT2D eigenvalue weighted by Gasteiger charge is -2.05. The molecule has 0 bridgehead atoms. The van der Waals surface area contributed by atoms with E-state index in [1.165, 1.54) is 6.20 Å². The van der Waals surface area contributed by atoms with E-state index in [9.17, 15) is 14.4 Å². The Bertz CT molecular complexity index is 441. The molecule has 0 atom stereocenters. The van der Waals surface area contributed by atoms with Crippen molar-refractivity contribution in [1.82, 2.24) is 10.3 Å². The van der Waals surface area contributed by atoms with Crippen LogP contribution in [0, 0.1) is 5.92 Å². The maximum Gasteiger partial charge on any atom is 0.287 e. The van der Waals surface area contributed by atoms with Crippen LogP contribution < -0.4 is 5.32 Å². The van der Waals surface area contributed by atoms with Gasteiger partial charge in [-0.15, -0.1) is 0 Å². The SMILES string of the molecule is CC(C)CC(=O)C(=O)NCC(=O)c1cccnc1. The Hall–Kier alpha value is -2.04. The summed E-state index contributed by atoms with van der Waals surface area (Å²) < 4.78 is 0. The number of hydrogen-bond donors (Lipinski definition) is 1. The molecule has 1 heterocycles. The highest BCUT2D eigenvalue weighted by atomic mass is 16.2. The van der Waals surface area contributed by atoms with Gasteiger partial charge >= 0.3 is 0 Å². The fourth-order valence-corrected chi connectivity index (χ4v) is 1.35. The highest BCUT2D eigenvalue weighted by molar-refractivity contribution is 6.36. The molecule has 0 saturated heterocycles. The van der Waals surface area contributed by atoms with Crippen LogP contribution in [-0.2, 0) is 9.59 Å². The first-order valence-corrected chi connectivity index (χ1v) is 5.75. The molecule has 0 spiro atoms. The van der Waals surface area contributed by atoms with Crippen molar-refractivity contribution in [3.8, 4) is 0 Å². The van der Waals surface area contributed by atoms with Crippen LogP contribution in [0.4, 0.5) is 0 Å². The minimum absolute atomic E-state index is 0.122. The van der Waals surface area contributed by atoms with E-state index in [0.717, 1.165) is 0 Å². The summed E-state index contributed by atoms with van der Waals surface area (Å²) in [7, 11) is 0. The first-order valence-electron chi connectivity index (χ1n) is 5.75. The molecular formula is C13H16N2O3. The van der Waals surface area contributed by atoms with Gasteiger partial charge in [0, 0.05) is 24.4 Å². The van der Waals surface area contributed by atoms with Gasteiger partial charge in [-0.3, -0.25) is 19.4 Å². The lowest BCUT2D eigenvalue weighted by molar-refractivity contribution is -0.138. The molecule has 0 aliphatic heterocycles. The number of carbonyl (C=O) groups excluding carboxylic acids is 3. The second-order valence-electron chi connectivity index (χ2n) is 4.37. The zero-order valence-electron chi connectivity index (χ0n) is 10.5. The van der Waals surface area contributed by atoms with Crippen molar-refractivity contribution in [3.05, 3.63) is 30.1 Å². The van der Waals surface area contributed by atoms with Crippen LogP contribution in [-0.4, -0.2) is 29.0 Å². The number of Topliss-reactive ketones (excluding diaryl/α,β-unsaturated/α-hetero) is 2. The fourth-order valence-electron chi connectivity index (χ4n) is 1.35. The van der Waals surface area contributed by atoms with Gasteiger partial charge < -0.3 is 5.32 Å². The van der Waals surface area contributed by atoms with E-state index in [-0.39, 0.29) is 24.7 Å². The molecule has 1 rings (SSSR count). The van der Waals surface area contributed by atoms with E-state index >= 15 is 0 Å². The Kier molecular flexibility index (Phi) is 5.17. The predicted molar refractivity (Wildman–Crippen MR) is 66.0 cm³/mol. The van der Waals surface area contributed by atoms with Gasteiger partial charge in [0.05, 0.1) is 6.54 Å². The largest absolute Gasteiger partial charge is 0.342 e. The zero-order chi connectivity index (χ0) is 13.5. The lowest BCUT2D eigenvalue weighted by atomic mass is 10.1. The van der Waals surface area contributed by atoms with Gasteiger partial charge in [0.25, 0.3) is 5.91 Å². The van der Waals surface area contributed by atoms with Crippen LogP contribution in [0.2, 0.25) is 0 Å². The fraction of sp³-hybridized carbons (Fsp3) is 0.385. The second kappa shape index (κ2) is 6.64. The summed E-state index contributed by atoms with van der Waals surface area (Å²) in [4.78, 5) is 38.2. The normalized spacial score (nSPS) is 10.2. The van der Waals surface area contributed by atoms with Gasteiger partial charge in [-0.05, 0) is 18.1 Å². The van der Waals surface area contributed by atoms with Crippen LogP contribution in [0.25, 0.3) is 0 Å². The number of carbonyl (C=O) groups is 3. The number of hydrogen-bond acceptors (Lipinski definition) is 4. The van der Waals surface area contributed by atoms with Crippen LogP contribution in [0.1, 0.15) is 30.6 Å². The molecule has 0 aromatic carbocycles. The number of pyridine rings is 1. The number of nitrogens with one attached hydrogen (secondary N) is 1. The highest BCUT2D eigenvalue weighted by Gasteiger charge is 2.16. The van der Waals surface area contributed by atoms with Crippen LogP contribution in [0.3, 0.4) is 0 Å². The average molecular weight is 248 g/mol. The Morgan fingerprint density at radius 1 is 1.33 bits per heavy atom. The second-order valence-corrected chi connectivity index (χ2v) is 4.37. The monoisotopic (exact) mass is 248 g/mol. The van der Waals surface area contributed by atoms with Gasteiger partial charge in [-0.2, -0.15) is 0 Å². The third-order valence-corrected chi connectivity index (χ3v) is 2.24. The Balaban J connectivity index is 2.44. The molecule has 1 amide bonds. The number of rotatable bonds is 6. The number of ketones is 2. The number of nitrogens with zero attached hydrogens (tertiary/aromatic N) is 1. The summed E-state index contributed by atoms with van der Waals surface area (Å²) in [6, 6.07) is 3.25. The van der Waals surface area contributed by atoms with Gasteiger partial charge in [0.1, 0.15) is 0 Å². The molecule has 18 heavy (non-hydrogen) atoms. The van der Waals surface area contributed by atoms with E-state index < -0.39 is 11.7 Å². The summed E-state index contributed by atoms with van der Waals surface area (Å²) in [5.74, 6) is -1.35. The molecule has 96 valence electrons. The molecule has 5 nitrogen and oxygen atoms in total. The van der Waals surface area contributed by atoms with Gasteiger partial charge in [0.15, 0.2) is 5.78 Å². The lowest BCUT2D eigenvalue weighted by Crippen LogP contribution is -2.35. The van der Waals surface area contributed by atoms with Gasteiger partial charge in [-0.1, -0.05) is 13.8 Å². The molecule has 0 saturated carbocycles. The molecule has 5 heteroatoms. The van der Waals surface area contributed by atoms with Crippen LogP contribution in [0.15, 0.2) is 24.5 Å². The molecule has 1 N–H and O–H groups in total. The summed E-state index contributed by atoms with van der Waals surface area (Å²) in [6.45, 7) is 3.52. The quantitative estimate of drug-likeness (QED) is 0.601. The van der Waals surface area contributed by atoms with Crippen molar-refractivity contribution in [2.24, 2.45) is 5.92 Å². The van der Waals surface area contributed by atoms with Crippen molar-refractivity contribution >= 4 is 17.5 Å². The minimum Gasteiger partial charge on any atom is -0.342 e. The van der Waals surface area contributed by atoms with Gasteiger partial charge in [-0.25, -0.2) is 0 Å². The first kappa shape index (κ1) is 14.0. The Labute approximate surface area is 106 Å².